The number of carbonyl (C=O) groups is 1. The van der Waals surface area contributed by atoms with E-state index in [9.17, 15) is 15.0 Å². The molecule has 0 aliphatic carbocycles. The van der Waals surface area contributed by atoms with E-state index in [1.807, 2.05) is 67.6 Å². The molecular weight excluding hydrogens is 430 g/mol. The minimum Gasteiger partial charge on any atom is -0.394 e. The molecule has 0 saturated carbocycles. The molecule has 0 aliphatic rings. The number of hydrogen-bond donors (Lipinski definition) is 5. The van der Waals surface area contributed by atoms with Crippen molar-refractivity contribution in [1.29, 1.82) is 0 Å². The Morgan fingerprint density at radius 3 is 2.21 bits per heavy atom. The lowest BCUT2D eigenvalue weighted by Gasteiger charge is -2.17. The molecule has 34 heavy (non-hydrogen) atoms. The van der Waals surface area contributed by atoms with E-state index in [0.29, 0.717) is 17.3 Å². The minimum absolute atomic E-state index is 0.113. The Bertz CT molecular complexity index is 1230. The highest BCUT2D eigenvalue weighted by molar-refractivity contribution is 5.94. The van der Waals surface area contributed by atoms with E-state index in [1.54, 1.807) is 18.5 Å². The van der Waals surface area contributed by atoms with E-state index in [1.165, 1.54) is 0 Å². The average molecular weight is 458 g/mol. The van der Waals surface area contributed by atoms with Crippen LogP contribution >= 0.6 is 0 Å². The summed E-state index contributed by atoms with van der Waals surface area (Å²) in [6.45, 7) is 1.57. The van der Waals surface area contributed by atoms with E-state index >= 15 is 0 Å². The first kappa shape index (κ1) is 23.2. The standard InChI is InChI=1S/C26H27N5O3/c1-17-13-28-26(30-23(16-33)19-10-6-3-7-11-19)31-24(17)20-12-21(27-14-20)25(34)29-22(15-32)18-8-4-2-5-9-18/h2-14,22-23,27,32-33H,15-16H2,1H3,(H,29,34)(H,28,30,31). The summed E-state index contributed by atoms with van der Waals surface area (Å²) < 4.78 is 0. The highest BCUT2D eigenvalue weighted by Gasteiger charge is 2.18. The summed E-state index contributed by atoms with van der Waals surface area (Å²) in [5.74, 6) is 0.0451. The molecule has 0 saturated heterocycles. The molecule has 174 valence electrons. The third-order valence-corrected chi connectivity index (χ3v) is 5.55. The van der Waals surface area contributed by atoms with E-state index in [2.05, 4.69) is 25.6 Å². The van der Waals surface area contributed by atoms with Crippen LogP contribution in [0.25, 0.3) is 11.3 Å². The maximum atomic E-state index is 12.8. The van der Waals surface area contributed by atoms with Crippen molar-refractivity contribution in [3.8, 4) is 11.3 Å². The molecule has 4 rings (SSSR count). The third kappa shape index (κ3) is 5.31. The topological polar surface area (TPSA) is 123 Å². The smallest absolute Gasteiger partial charge is 0.268 e. The van der Waals surface area contributed by atoms with Crippen LogP contribution in [0.4, 0.5) is 5.95 Å². The van der Waals surface area contributed by atoms with Crippen molar-refractivity contribution in [3.05, 3.63) is 102 Å². The molecule has 0 radical (unpaired) electrons. The van der Waals surface area contributed by atoms with Gasteiger partial charge in [0.1, 0.15) is 5.69 Å². The quantitative estimate of drug-likeness (QED) is 0.263. The summed E-state index contributed by atoms with van der Waals surface area (Å²) in [6.07, 6.45) is 3.42. The first-order valence-corrected chi connectivity index (χ1v) is 11.0. The van der Waals surface area contributed by atoms with Gasteiger partial charge >= 0.3 is 0 Å². The number of amides is 1. The number of aliphatic hydroxyl groups excluding tert-OH is 2. The molecule has 1 amide bonds. The Labute approximate surface area is 197 Å². The average Bonchev–Trinajstić information content (AvgIpc) is 3.38. The van der Waals surface area contributed by atoms with Crippen LogP contribution in [-0.2, 0) is 0 Å². The fourth-order valence-corrected chi connectivity index (χ4v) is 3.70. The van der Waals surface area contributed by atoms with Gasteiger partial charge in [-0.15, -0.1) is 0 Å². The fourth-order valence-electron chi connectivity index (χ4n) is 3.70. The third-order valence-electron chi connectivity index (χ3n) is 5.55. The molecule has 2 unspecified atom stereocenters. The van der Waals surface area contributed by atoms with Gasteiger partial charge in [0.2, 0.25) is 5.95 Å². The largest absolute Gasteiger partial charge is 0.394 e. The predicted molar refractivity (Wildman–Crippen MR) is 130 cm³/mol. The predicted octanol–water partition coefficient (Wildman–Crippen LogP) is 3.39. The van der Waals surface area contributed by atoms with Gasteiger partial charge in [0.05, 0.1) is 31.0 Å². The molecule has 2 aromatic heterocycles. The second-order valence-corrected chi connectivity index (χ2v) is 7.94. The summed E-state index contributed by atoms with van der Waals surface area (Å²) >= 11 is 0. The van der Waals surface area contributed by atoms with Gasteiger partial charge in [0.15, 0.2) is 0 Å². The van der Waals surface area contributed by atoms with Crippen molar-refractivity contribution >= 4 is 11.9 Å². The van der Waals surface area contributed by atoms with Gasteiger partial charge in [0, 0.05) is 18.0 Å². The van der Waals surface area contributed by atoms with Gasteiger partial charge in [-0.3, -0.25) is 4.79 Å². The second-order valence-electron chi connectivity index (χ2n) is 7.94. The van der Waals surface area contributed by atoms with E-state index in [4.69, 9.17) is 0 Å². The van der Waals surface area contributed by atoms with Crippen LogP contribution in [0.5, 0.6) is 0 Å². The molecule has 0 bridgehead atoms. The normalized spacial score (nSPS) is 12.7. The van der Waals surface area contributed by atoms with Crippen LogP contribution in [0.3, 0.4) is 0 Å². The zero-order chi connectivity index (χ0) is 23.9. The first-order valence-electron chi connectivity index (χ1n) is 11.0. The summed E-state index contributed by atoms with van der Waals surface area (Å²) in [7, 11) is 0. The molecule has 2 atom stereocenters. The molecule has 2 aromatic carbocycles. The highest BCUT2D eigenvalue weighted by Crippen LogP contribution is 2.25. The zero-order valence-electron chi connectivity index (χ0n) is 18.8. The lowest BCUT2D eigenvalue weighted by molar-refractivity contribution is 0.0911. The number of nitrogens with one attached hydrogen (secondary N) is 3. The first-order chi connectivity index (χ1) is 16.6. The van der Waals surface area contributed by atoms with Crippen molar-refractivity contribution in [2.24, 2.45) is 0 Å². The van der Waals surface area contributed by atoms with Crippen LogP contribution in [0.15, 0.2) is 79.1 Å². The summed E-state index contributed by atoms with van der Waals surface area (Å²) in [5.41, 5.74) is 4.34. The van der Waals surface area contributed by atoms with Crippen molar-refractivity contribution in [1.82, 2.24) is 20.3 Å². The number of hydrogen-bond acceptors (Lipinski definition) is 6. The summed E-state index contributed by atoms with van der Waals surface area (Å²) in [6, 6.07) is 19.8. The van der Waals surface area contributed by atoms with Crippen molar-refractivity contribution < 1.29 is 15.0 Å². The zero-order valence-corrected chi connectivity index (χ0v) is 18.8. The Kier molecular flexibility index (Phi) is 7.31. The van der Waals surface area contributed by atoms with E-state index in [-0.39, 0.29) is 25.2 Å². The second kappa shape index (κ2) is 10.7. The Morgan fingerprint density at radius 1 is 0.971 bits per heavy atom. The van der Waals surface area contributed by atoms with Crippen LogP contribution < -0.4 is 10.6 Å². The van der Waals surface area contributed by atoms with Crippen LogP contribution in [0.1, 0.15) is 39.3 Å². The molecular formula is C26H27N5O3. The van der Waals surface area contributed by atoms with Gasteiger partial charge in [-0.2, -0.15) is 0 Å². The molecule has 8 nitrogen and oxygen atoms in total. The van der Waals surface area contributed by atoms with Gasteiger partial charge in [-0.25, -0.2) is 9.97 Å². The molecule has 0 fully saturated rings. The lowest BCUT2D eigenvalue weighted by atomic mass is 10.1. The van der Waals surface area contributed by atoms with Gasteiger partial charge < -0.3 is 25.8 Å². The Hall–Kier alpha value is -4.01. The Morgan fingerprint density at radius 2 is 1.59 bits per heavy atom. The number of H-pyrrole nitrogens is 1. The Balaban J connectivity index is 1.52. The molecule has 5 N–H and O–H groups in total. The van der Waals surface area contributed by atoms with Gasteiger partial charge in [-0.05, 0) is 29.7 Å². The van der Waals surface area contributed by atoms with Crippen molar-refractivity contribution in [3.63, 3.8) is 0 Å². The summed E-state index contributed by atoms with van der Waals surface area (Å²) in [4.78, 5) is 24.8. The highest BCUT2D eigenvalue weighted by atomic mass is 16.3. The van der Waals surface area contributed by atoms with Crippen LogP contribution in [-0.4, -0.2) is 44.3 Å². The molecule has 4 aromatic rings. The maximum Gasteiger partial charge on any atom is 0.268 e. The lowest BCUT2D eigenvalue weighted by Crippen LogP contribution is -2.30. The number of aromatic amines is 1. The van der Waals surface area contributed by atoms with Crippen LogP contribution in [0, 0.1) is 6.92 Å². The molecule has 0 aliphatic heterocycles. The molecule has 0 spiro atoms. The number of aromatic nitrogens is 3. The van der Waals surface area contributed by atoms with Crippen molar-refractivity contribution in [2.45, 2.75) is 19.0 Å². The number of benzene rings is 2. The number of rotatable bonds is 9. The molecule has 2 heterocycles. The number of aryl methyl sites for hydroxylation is 1. The number of aliphatic hydroxyl groups is 2. The SMILES string of the molecule is Cc1cnc(NC(CO)c2ccccc2)nc1-c1c[nH]c(C(=O)NC(CO)c2ccccc2)c1. The monoisotopic (exact) mass is 457 g/mol. The van der Waals surface area contributed by atoms with Crippen molar-refractivity contribution in [2.75, 3.05) is 18.5 Å². The number of anilines is 1. The van der Waals surface area contributed by atoms with E-state index < -0.39 is 6.04 Å². The maximum absolute atomic E-state index is 12.8. The van der Waals surface area contributed by atoms with Gasteiger partial charge in [-0.1, -0.05) is 60.7 Å². The minimum atomic E-state index is -0.509. The fraction of sp³-hybridized carbons (Fsp3) is 0.192. The number of carbonyl (C=O) groups excluding carboxylic acids is 1. The van der Waals surface area contributed by atoms with E-state index in [0.717, 1.165) is 22.3 Å². The number of nitrogens with zero attached hydrogens (tertiary/aromatic N) is 2. The molecule has 8 heteroatoms. The van der Waals surface area contributed by atoms with Crippen LogP contribution in [0.2, 0.25) is 0 Å². The summed E-state index contributed by atoms with van der Waals surface area (Å²) in [5, 5.41) is 25.6. The van der Waals surface area contributed by atoms with Gasteiger partial charge in [0.25, 0.3) is 5.91 Å².